The Balaban J connectivity index is 2.16. The lowest BCUT2D eigenvalue weighted by Crippen LogP contribution is -1.92. The van der Waals surface area contributed by atoms with Gasteiger partial charge in [-0.2, -0.15) is 0 Å². The van der Waals surface area contributed by atoms with E-state index < -0.39 is 5.78 Å². The van der Waals surface area contributed by atoms with E-state index in [1.54, 1.807) is 43.5 Å². The van der Waals surface area contributed by atoms with Gasteiger partial charge in [0.25, 0.3) is 0 Å². The van der Waals surface area contributed by atoms with Crippen LogP contribution in [0.2, 0.25) is 0 Å². The molecule has 0 atom stereocenters. The highest BCUT2D eigenvalue weighted by molar-refractivity contribution is 6.05. The lowest BCUT2D eigenvalue weighted by Gasteiger charge is -2.07. The number of rotatable bonds is 6. The number of hydrogen-bond donors (Lipinski definition) is 2. The molecule has 0 bridgehead atoms. The molecule has 0 heterocycles. The summed E-state index contributed by atoms with van der Waals surface area (Å²) in [5.41, 5.74) is 0.946. The molecule has 0 saturated heterocycles. The van der Waals surface area contributed by atoms with Gasteiger partial charge in [0.2, 0.25) is 0 Å². The number of hydrogen-bond acceptors (Lipinski definition) is 5. The van der Waals surface area contributed by atoms with Gasteiger partial charge in [-0.3, -0.25) is 4.79 Å². The highest BCUT2D eigenvalue weighted by atomic mass is 16.5. The van der Waals surface area contributed by atoms with Crippen molar-refractivity contribution in [1.82, 2.24) is 0 Å². The van der Waals surface area contributed by atoms with Gasteiger partial charge in [0.1, 0.15) is 11.5 Å². The number of phenols is 1. The minimum Gasteiger partial charge on any atom is -0.507 e. The van der Waals surface area contributed by atoms with Crippen LogP contribution in [0.25, 0.3) is 11.8 Å². The van der Waals surface area contributed by atoms with Crippen molar-refractivity contribution >= 4 is 17.6 Å². The number of carbonyl (C=O) groups excluding carboxylic acids is 1. The van der Waals surface area contributed by atoms with Crippen molar-refractivity contribution < 1.29 is 24.5 Å². The second-order valence-electron chi connectivity index (χ2n) is 4.90. The molecule has 0 radical (unpaired) electrons. The second-order valence-corrected chi connectivity index (χ2v) is 4.90. The summed E-state index contributed by atoms with van der Waals surface area (Å²) in [5.74, 6) is 0.348. The Bertz CT molecular complexity index is 790. The third kappa shape index (κ3) is 4.16. The average molecular weight is 326 g/mol. The maximum Gasteiger partial charge on any atom is 0.182 e. The van der Waals surface area contributed by atoms with E-state index in [0.29, 0.717) is 11.5 Å². The number of benzene rings is 2. The Kier molecular flexibility index (Phi) is 5.63. The Morgan fingerprint density at radius 3 is 2.42 bits per heavy atom. The topological polar surface area (TPSA) is 76.0 Å². The van der Waals surface area contributed by atoms with Crippen molar-refractivity contribution in [2.24, 2.45) is 0 Å². The van der Waals surface area contributed by atoms with Gasteiger partial charge in [0.05, 0.1) is 19.8 Å². The summed E-state index contributed by atoms with van der Waals surface area (Å²) in [6.45, 7) is 0. The molecule has 24 heavy (non-hydrogen) atoms. The molecule has 0 aromatic heterocycles. The van der Waals surface area contributed by atoms with Crippen LogP contribution in [-0.4, -0.2) is 30.2 Å². The van der Waals surface area contributed by atoms with Crippen LogP contribution < -0.4 is 9.47 Å². The molecule has 124 valence electrons. The van der Waals surface area contributed by atoms with Crippen molar-refractivity contribution in [3.63, 3.8) is 0 Å². The van der Waals surface area contributed by atoms with Gasteiger partial charge in [0.15, 0.2) is 17.3 Å². The Morgan fingerprint density at radius 1 is 1.04 bits per heavy atom. The van der Waals surface area contributed by atoms with E-state index in [9.17, 15) is 15.0 Å². The van der Waals surface area contributed by atoms with Crippen LogP contribution in [0, 0.1) is 0 Å². The maximum absolute atomic E-state index is 11.9. The number of ketones is 1. The van der Waals surface area contributed by atoms with E-state index in [4.69, 9.17) is 9.47 Å². The number of phenolic OH excluding ortho intramolecular Hbond substituents is 1. The fraction of sp³-hybridized carbons (Fsp3) is 0.105. The number of ether oxygens (including phenoxy) is 2. The van der Waals surface area contributed by atoms with Crippen LogP contribution in [0.4, 0.5) is 0 Å². The van der Waals surface area contributed by atoms with Crippen molar-refractivity contribution in [3.8, 4) is 17.2 Å². The molecule has 0 spiro atoms. The third-order valence-electron chi connectivity index (χ3n) is 3.31. The third-order valence-corrected chi connectivity index (χ3v) is 3.31. The first-order valence-electron chi connectivity index (χ1n) is 7.18. The number of carbonyl (C=O) groups is 1. The van der Waals surface area contributed by atoms with Crippen LogP contribution in [0.3, 0.4) is 0 Å². The molecule has 0 saturated carbocycles. The quantitative estimate of drug-likeness (QED) is 0.627. The molecule has 2 aromatic rings. The van der Waals surface area contributed by atoms with E-state index >= 15 is 0 Å². The van der Waals surface area contributed by atoms with Gasteiger partial charge >= 0.3 is 0 Å². The number of aromatic hydroxyl groups is 1. The van der Waals surface area contributed by atoms with Gasteiger partial charge in [-0.1, -0.05) is 24.3 Å². The van der Waals surface area contributed by atoms with E-state index in [1.165, 1.54) is 25.3 Å². The van der Waals surface area contributed by atoms with Gasteiger partial charge in [-0.25, -0.2) is 0 Å². The molecule has 0 unspecified atom stereocenters. The Hall–Kier alpha value is -3.21. The summed E-state index contributed by atoms with van der Waals surface area (Å²) in [6.07, 6.45) is 3.96. The molecule has 2 rings (SSSR count). The first-order valence-corrected chi connectivity index (χ1v) is 7.18. The first kappa shape index (κ1) is 17.1. The van der Waals surface area contributed by atoms with Crippen LogP contribution >= 0.6 is 0 Å². The van der Waals surface area contributed by atoms with Crippen LogP contribution in [-0.2, 0) is 4.79 Å². The second kappa shape index (κ2) is 7.87. The molecular weight excluding hydrogens is 308 g/mol. The normalized spacial score (nSPS) is 11.5. The minimum atomic E-state index is -0.412. The zero-order valence-electron chi connectivity index (χ0n) is 13.4. The van der Waals surface area contributed by atoms with Crippen LogP contribution in [0.1, 0.15) is 11.1 Å². The molecule has 2 aromatic carbocycles. The average Bonchev–Trinajstić information content (AvgIpc) is 2.59. The SMILES string of the molecule is COc1ccc(/C=C/C(=O)/C=C(\O)c2ccccc2O)cc1OC. The lowest BCUT2D eigenvalue weighted by molar-refractivity contribution is -0.110. The van der Waals surface area contributed by atoms with Crippen molar-refractivity contribution in [2.45, 2.75) is 0 Å². The molecule has 0 aliphatic heterocycles. The summed E-state index contributed by atoms with van der Waals surface area (Å²) in [4.78, 5) is 11.9. The molecule has 0 fully saturated rings. The van der Waals surface area contributed by atoms with Gasteiger partial charge in [-0.15, -0.1) is 0 Å². The monoisotopic (exact) mass is 326 g/mol. The zero-order chi connectivity index (χ0) is 17.5. The van der Waals surface area contributed by atoms with Gasteiger partial charge in [0, 0.05) is 6.08 Å². The largest absolute Gasteiger partial charge is 0.507 e. The number of allylic oxidation sites excluding steroid dienone is 2. The number of aliphatic hydroxyl groups is 1. The first-order chi connectivity index (χ1) is 11.5. The van der Waals surface area contributed by atoms with Gasteiger partial charge < -0.3 is 19.7 Å². The van der Waals surface area contributed by atoms with Crippen molar-refractivity contribution in [1.29, 1.82) is 0 Å². The van der Waals surface area contributed by atoms with E-state index in [2.05, 4.69) is 0 Å². The van der Waals surface area contributed by atoms with Crippen LogP contribution in [0.15, 0.2) is 54.6 Å². The summed E-state index contributed by atoms with van der Waals surface area (Å²) in [5, 5.41) is 19.6. The zero-order valence-corrected chi connectivity index (χ0v) is 13.4. The van der Waals surface area contributed by atoms with Crippen molar-refractivity contribution in [3.05, 3.63) is 65.7 Å². The highest BCUT2D eigenvalue weighted by Crippen LogP contribution is 2.28. The summed E-state index contributed by atoms with van der Waals surface area (Å²) >= 11 is 0. The van der Waals surface area contributed by atoms with Crippen LogP contribution in [0.5, 0.6) is 17.2 Å². The minimum absolute atomic E-state index is 0.0945. The maximum atomic E-state index is 11.9. The standard InChI is InChI=1S/C19H18O5/c1-23-18-10-8-13(11-19(18)24-2)7-9-14(20)12-17(22)15-5-3-4-6-16(15)21/h3-12,21-22H,1-2H3/b9-7+,17-12-. The molecule has 5 nitrogen and oxygen atoms in total. The predicted molar refractivity (Wildman–Crippen MR) is 92.3 cm³/mol. The molecule has 2 N–H and O–H groups in total. The summed E-state index contributed by atoms with van der Waals surface area (Å²) in [6, 6.07) is 11.5. The summed E-state index contributed by atoms with van der Waals surface area (Å²) < 4.78 is 10.3. The van der Waals surface area contributed by atoms with Crippen molar-refractivity contribution in [2.75, 3.05) is 14.2 Å². The fourth-order valence-electron chi connectivity index (χ4n) is 2.09. The number of para-hydroxylation sites is 1. The number of aliphatic hydroxyl groups excluding tert-OH is 1. The van der Waals surface area contributed by atoms with E-state index in [0.717, 1.165) is 11.6 Å². The molecule has 0 aliphatic carbocycles. The van der Waals surface area contributed by atoms with E-state index in [-0.39, 0.29) is 17.1 Å². The lowest BCUT2D eigenvalue weighted by atomic mass is 10.1. The smallest absolute Gasteiger partial charge is 0.182 e. The molecule has 0 aliphatic rings. The number of methoxy groups -OCH3 is 2. The molecule has 5 heteroatoms. The summed E-state index contributed by atoms with van der Waals surface area (Å²) in [7, 11) is 3.08. The molecular formula is C19H18O5. The van der Waals surface area contributed by atoms with Gasteiger partial charge in [-0.05, 0) is 35.9 Å². The Morgan fingerprint density at radius 2 is 1.75 bits per heavy atom. The Labute approximate surface area is 140 Å². The predicted octanol–water partition coefficient (Wildman–Crippen LogP) is 3.59. The highest BCUT2D eigenvalue weighted by Gasteiger charge is 2.06. The molecule has 0 amide bonds. The van der Waals surface area contributed by atoms with E-state index in [1.807, 2.05) is 0 Å². The fourth-order valence-corrected chi connectivity index (χ4v) is 2.09.